The van der Waals surface area contributed by atoms with Gasteiger partial charge in [0.15, 0.2) is 0 Å². The number of hydrogen-bond acceptors (Lipinski definition) is 1. The second-order valence-corrected chi connectivity index (χ2v) is 4.62. The SMILES string of the molecule is CCCC1CC1(O)c1ccccc1CC. The highest BCUT2D eigenvalue weighted by molar-refractivity contribution is 5.37. The Hall–Kier alpha value is -0.820. The Morgan fingerprint density at radius 3 is 2.73 bits per heavy atom. The molecule has 1 aromatic carbocycles. The minimum absolute atomic E-state index is 0.496. The minimum Gasteiger partial charge on any atom is -0.385 e. The normalized spacial score (nSPS) is 29.1. The Bertz CT molecular complexity index is 345. The van der Waals surface area contributed by atoms with Crippen LogP contribution in [0.25, 0.3) is 0 Å². The summed E-state index contributed by atoms with van der Waals surface area (Å²) in [4.78, 5) is 0. The molecule has 1 saturated carbocycles. The number of hydrogen-bond donors (Lipinski definition) is 1. The number of rotatable bonds is 4. The lowest BCUT2D eigenvalue weighted by molar-refractivity contribution is 0.128. The van der Waals surface area contributed by atoms with Gasteiger partial charge in [-0.2, -0.15) is 0 Å². The van der Waals surface area contributed by atoms with Gasteiger partial charge in [0.1, 0.15) is 0 Å². The van der Waals surface area contributed by atoms with E-state index in [4.69, 9.17) is 0 Å². The van der Waals surface area contributed by atoms with Crippen molar-refractivity contribution in [2.24, 2.45) is 5.92 Å². The molecule has 2 unspecified atom stereocenters. The lowest BCUT2D eigenvalue weighted by atomic mass is 9.96. The summed E-state index contributed by atoms with van der Waals surface area (Å²) in [5.41, 5.74) is 1.98. The van der Waals surface area contributed by atoms with Crippen LogP contribution in [0.3, 0.4) is 0 Å². The Kier molecular flexibility index (Phi) is 2.83. The Morgan fingerprint density at radius 1 is 1.33 bits per heavy atom. The van der Waals surface area contributed by atoms with Gasteiger partial charge in [-0.15, -0.1) is 0 Å². The monoisotopic (exact) mass is 204 g/mol. The zero-order chi connectivity index (χ0) is 10.9. The average molecular weight is 204 g/mol. The van der Waals surface area contributed by atoms with Crippen LogP contribution in [-0.4, -0.2) is 5.11 Å². The van der Waals surface area contributed by atoms with Crippen molar-refractivity contribution >= 4 is 0 Å². The summed E-state index contributed by atoms with van der Waals surface area (Å²) in [6, 6.07) is 8.32. The quantitative estimate of drug-likeness (QED) is 0.798. The van der Waals surface area contributed by atoms with Gasteiger partial charge >= 0.3 is 0 Å². The van der Waals surface area contributed by atoms with Crippen LogP contribution in [0.5, 0.6) is 0 Å². The fraction of sp³-hybridized carbons (Fsp3) is 0.571. The van der Waals surface area contributed by atoms with Gasteiger partial charge in [-0.3, -0.25) is 0 Å². The molecule has 1 aromatic rings. The van der Waals surface area contributed by atoms with Crippen LogP contribution < -0.4 is 0 Å². The fourth-order valence-corrected chi connectivity index (χ4v) is 2.59. The van der Waals surface area contributed by atoms with E-state index in [1.165, 1.54) is 17.5 Å². The number of benzene rings is 1. The van der Waals surface area contributed by atoms with E-state index in [9.17, 15) is 5.11 Å². The van der Waals surface area contributed by atoms with Crippen LogP contribution in [-0.2, 0) is 12.0 Å². The first-order valence-electron chi connectivity index (χ1n) is 6.03. The zero-order valence-corrected chi connectivity index (χ0v) is 9.66. The highest BCUT2D eigenvalue weighted by atomic mass is 16.3. The van der Waals surface area contributed by atoms with Gasteiger partial charge < -0.3 is 5.11 Å². The van der Waals surface area contributed by atoms with Gasteiger partial charge in [-0.25, -0.2) is 0 Å². The van der Waals surface area contributed by atoms with Crippen molar-refractivity contribution in [3.05, 3.63) is 35.4 Å². The molecule has 1 aliphatic rings. The lowest BCUT2D eigenvalue weighted by Gasteiger charge is -2.15. The predicted octanol–water partition coefficient (Wildman–Crippen LogP) is 3.26. The first-order chi connectivity index (χ1) is 7.22. The second-order valence-electron chi connectivity index (χ2n) is 4.62. The third kappa shape index (κ3) is 1.81. The third-order valence-corrected chi connectivity index (χ3v) is 3.57. The highest BCUT2D eigenvalue weighted by Crippen LogP contribution is 2.55. The molecule has 2 atom stereocenters. The van der Waals surface area contributed by atoms with E-state index >= 15 is 0 Å². The van der Waals surface area contributed by atoms with E-state index in [1.54, 1.807) is 0 Å². The summed E-state index contributed by atoms with van der Waals surface area (Å²) in [6.45, 7) is 4.34. The van der Waals surface area contributed by atoms with Crippen molar-refractivity contribution in [3.8, 4) is 0 Å². The maximum absolute atomic E-state index is 10.5. The van der Waals surface area contributed by atoms with E-state index in [0.717, 1.165) is 19.3 Å². The van der Waals surface area contributed by atoms with E-state index in [-0.39, 0.29) is 0 Å². The third-order valence-electron chi connectivity index (χ3n) is 3.57. The second kappa shape index (κ2) is 3.97. The van der Waals surface area contributed by atoms with E-state index in [0.29, 0.717) is 5.92 Å². The van der Waals surface area contributed by atoms with Crippen LogP contribution >= 0.6 is 0 Å². The number of aliphatic hydroxyl groups is 1. The first-order valence-corrected chi connectivity index (χ1v) is 6.03. The van der Waals surface area contributed by atoms with Gasteiger partial charge in [0, 0.05) is 0 Å². The molecule has 1 N–H and O–H groups in total. The maximum atomic E-state index is 10.5. The largest absolute Gasteiger partial charge is 0.385 e. The smallest absolute Gasteiger partial charge is 0.0932 e. The highest BCUT2D eigenvalue weighted by Gasteiger charge is 2.53. The van der Waals surface area contributed by atoms with Gasteiger partial charge in [-0.05, 0) is 36.3 Å². The molecule has 82 valence electrons. The topological polar surface area (TPSA) is 20.2 Å². The Morgan fingerprint density at radius 2 is 2.07 bits per heavy atom. The number of aryl methyl sites for hydroxylation is 1. The van der Waals surface area contributed by atoms with E-state index < -0.39 is 5.60 Å². The van der Waals surface area contributed by atoms with E-state index in [1.807, 2.05) is 6.07 Å². The van der Waals surface area contributed by atoms with Crippen molar-refractivity contribution < 1.29 is 5.11 Å². The summed E-state index contributed by atoms with van der Waals surface area (Å²) >= 11 is 0. The molecule has 0 bridgehead atoms. The molecule has 0 radical (unpaired) electrons. The molecule has 0 saturated heterocycles. The summed E-state index contributed by atoms with van der Waals surface area (Å²) in [5.74, 6) is 0.496. The molecule has 1 aliphatic carbocycles. The summed E-state index contributed by atoms with van der Waals surface area (Å²) < 4.78 is 0. The fourth-order valence-electron chi connectivity index (χ4n) is 2.59. The summed E-state index contributed by atoms with van der Waals surface area (Å²) in [7, 11) is 0. The Labute approximate surface area is 92.1 Å². The van der Waals surface area contributed by atoms with Gasteiger partial charge in [-0.1, -0.05) is 44.5 Å². The lowest BCUT2D eigenvalue weighted by Crippen LogP contribution is -2.11. The van der Waals surface area contributed by atoms with Crippen molar-refractivity contribution in [1.29, 1.82) is 0 Å². The molecule has 0 aliphatic heterocycles. The zero-order valence-electron chi connectivity index (χ0n) is 9.66. The molecule has 1 heteroatoms. The summed E-state index contributed by atoms with van der Waals surface area (Å²) in [6.07, 6.45) is 4.28. The van der Waals surface area contributed by atoms with Crippen molar-refractivity contribution in [2.75, 3.05) is 0 Å². The first kappa shape index (κ1) is 10.7. The molecular formula is C14H20O. The van der Waals surface area contributed by atoms with E-state index in [2.05, 4.69) is 32.0 Å². The maximum Gasteiger partial charge on any atom is 0.0932 e. The van der Waals surface area contributed by atoms with Gasteiger partial charge in [0.05, 0.1) is 5.60 Å². The summed E-state index contributed by atoms with van der Waals surface area (Å²) in [5, 5.41) is 10.5. The predicted molar refractivity (Wildman–Crippen MR) is 62.7 cm³/mol. The molecule has 1 fully saturated rings. The minimum atomic E-state index is -0.497. The molecule has 0 heterocycles. The molecule has 15 heavy (non-hydrogen) atoms. The molecule has 1 nitrogen and oxygen atoms in total. The standard InChI is InChI=1S/C14H20O/c1-3-7-12-10-14(12,15)13-9-6-5-8-11(13)4-2/h5-6,8-9,12,15H,3-4,7,10H2,1-2H3. The van der Waals surface area contributed by atoms with Crippen LogP contribution in [0.4, 0.5) is 0 Å². The van der Waals surface area contributed by atoms with Crippen molar-refractivity contribution in [1.82, 2.24) is 0 Å². The van der Waals surface area contributed by atoms with Gasteiger partial charge in [0.2, 0.25) is 0 Å². The Balaban J connectivity index is 2.23. The van der Waals surface area contributed by atoms with Crippen LogP contribution in [0.15, 0.2) is 24.3 Å². The molecule has 0 aromatic heterocycles. The molecule has 0 spiro atoms. The van der Waals surface area contributed by atoms with Gasteiger partial charge in [0.25, 0.3) is 0 Å². The molecule has 0 amide bonds. The molecular weight excluding hydrogens is 184 g/mol. The van der Waals surface area contributed by atoms with Crippen LogP contribution in [0, 0.1) is 5.92 Å². The average Bonchev–Trinajstić information content (AvgIpc) is 2.91. The van der Waals surface area contributed by atoms with Crippen LogP contribution in [0.1, 0.15) is 44.2 Å². The van der Waals surface area contributed by atoms with Crippen LogP contribution in [0.2, 0.25) is 0 Å². The van der Waals surface area contributed by atoms with Crippen molar-refractivity contribution in [3.63, 3.8) is 0 Å². The van der Waals surface area contributed by atoms with Crippen molar-refractivity contribution in [2.45, 2.75) is 45.1 Å². The molecule has 2 rings (SSSR count).